The topological polar surface area (TPSA) is 49.9 Å². The van der Waals surface area contributed by atoms with Crippen molar-refractivity contribution >= 4 is 11.9 Å². The molecule has 0 saturated carbocycles. The summed E-state index contributed by atoms with van der Waals surface area (Å²) in [6, 6.07) is 13.6. The number of hydrogen-bond donors (Lipinski definition) is 0. The maximum atomic E-state index is 13.4. The van der Waals surface area contributed by atoms with Gasteiger partial charge in [0.2, 0.25) is 5.91 Å². The molecule has 1 heterocycles. The van der Waals surface area contributed by atoms with Gasteiger partial charge in [-0.05, 0) is 35.4 Å². The van der Waals surface area contributed by atoms with Gasteiger partial charge in [0, 0.05) is 19.5 Å². The number of nitrogens with zero attached hydrogens (tertiary/aromatic N) is 2. The Morgan fingerprint density at radius 1 is 1.18 bits per heavy atom. The fraction of sp³-hybridized carbons (Fsp3) is 0.364. The summed E-state index contributed by atoms with van der Waals surface area (Å²) in [4.78, 5) is 28.9. The van der Waals surface area contributed by atoms with E-state index < -0.39 is 12.0 Å². The molecule has 0 unspecified atom stereocenters. The van der Waals surface area contributed by atoms with Crippen LogP contribution < -0.4 is 0 Å². The molecule has 2 aromatic rings. The van der Waals surface area contributed by atoms with Gasteiger partial charge in [0.1, 0.15) is 11.9 Å². The lowest BCUT2D eigenvalue weighted by Crippen LogP contribution is -2.51. The molecule has 28 heavy (non-hydrogen) atoms. The summed E-state index contributed by atoms with van der Waals surface area (Å²) in [5.74, 6) is -0.836. The van der Waals surface area contributed by atoms with Crippen LogP contribution in [0.25, 0.3) is 0 Å². The second-order valence-electron chi connectivity index (χ2n) is 6.97. The zero-order chi connectivity index (χ0) is 20.1. The molecule has 1 aliphatic rings. The fourth-order valence-corrected chi connectivity index (χ4v) is 3.59. The van der Waals surface area contributed by atoms with Crippen molar-refractivity contribution in [3.05, 3.63) is 71.0 Å². The molecule has 0 spiro atoms. The highest BCUT2D eigenvalue weighted by Crippen LogP contribution is 2.24. The first kappa shape index (κ1) is 20.0. The lowest BCUT2D eigenvalue weighted by molar-refractivity contribution is -0.154. The Bertz CT molecular complexity index is 855. The molecule has 148 valence electrons. The summed E-state index contributed by atoms with van der Waals surface area (Å²) in [5, 5.41) is 0. The number of halogens is 1. The van der Waals surface area contributed by atoms with Crippen LogP contribution in [0.3, 0.4) is 0 Å². The zero-order valence-corrected chi connectivity index (χ0v) is 16.2. The Hall–Kier alpha value is -2.73. The number of rotatable bonds is 6. The number of likely N-dealkylation sites (N-methyl/N-ethyl adjacent to an activating group) is 1. The molecular weight excluding hydrogens is 359 g/mol. The maximum Gasteiger partial charge on any atom is 0.328 e. The normalized spacial score (nSPS) is 16.0. The lowest BCUT2D eigenvalue weighted by Gasteiger charge is -2.36. The minimum absolute atomic E-state index is 0.136. The van der Waals surface area contributed by atoms with Gasteiger partial charge in [-0.25, -0.2) is 9.18 Å². The van der Waals surface area contributed by atoms with Crippen LogP contribution >= 0.6 is 0 Å². The van der Waals surface area contributed by atoms with E-state index in [4.69, 9.17) is 4.74 Å². The number of methoxy groups -OCH3 is 1. The van der Waals surface area contributed by atoms with Crippen LogP contribution in [0.15, 0.2) is 48.5 Å². The standard InChI is InChI=1S/C22H25FN2O3/c1-3-24(13-16-7-6-10-19(23)11-16)15-21(26)25-14-18-9-5-4-8-17(18)12-20(25)22(27)28-2/h4-11,20H,3,12-15H2,1-2H3/t20-/m0/s1. The van der Waals surface area contributed by atoms with Crippen molar-refractivity contribution in [3.8, 4) is 0 Å². The SMILES string of the molecule is CCN(CC(=O)N1Cc2ccccc2C[C@H]1C(=O)OC)Cc1cccc(F)c1. The van der Waals surface area contributed by atoms with Gasteiger partial charge >= 0.3 is 5.97 Å². The van der Waals surface area contributed by atoms with Gasteiger partial charge in [-0.3, -0.25) is 9.69 Å². The van der Waals surface area contributed by atoms with E-state index in [-0.39, 0.29) is 18.3 Å². The molecule has 0 N–H and O–H groups in total. The minimum atomic E-state index is -0.625. The number of hydrogen-bond acceptors (Lipinski definition) is 4. The zero-order valence-electron chi connectivity index (χ0n) is 16.2. The summed E-state index contributed by atoms with van der Waals surface area (Å²) >= 11 is 0. The van der Waals surface area contributed by atoms with Crippen molar-refractivity contribution in [3.63, 3.8) is 0 Å². The average Bonchev–Trinajstić information content (AvgIpc) is 2.71. The highest BCUT2D eigenvalue weighted by Gasteiger charge is 2.35. The molecule has 0 bridgehead atoms. The highest BCUT2D eigenvalue weighted by molar-refractivity contribution is 5.86. The van der Waals surface area contributed by atoms with Crippen LogP contribution in [0.5, 0.6) is 0 Å². The molecule has 0 aliphatic carbocycles. The maximum absolute atomic E-state index is 13.4. The van der Waals surface area contributed by atoms with Gasteiger partial charge in [-0.2, -0.15) is 0 Å². The van der Waals surface area contributed by atoms with E-state index in [2.05, 4.69) is 0 Å². The van der Waals surface area contributed by atoms with Crippen LogP contribution in [0.4, 0.5) is 4.39 Å². The van der Waals surface area contributed by atoms with E-state index in [1.165, 1.54) is 19.2 Å². The van der Waals surface area contributed by atoms with E-state index in [1.807, 2.05) is 42.2 Å². The Morgan fingerprint density at radius 3 is 2.61 bits per heavy atom. The summed E-state index contributed by atoms with van der Waals surface area (Å²) in [6.45, 7) is 3.59. The van der Waals surface area contributed by atoms with Crippen molar-refractivity contribution in [2.75, 3.05) is 20.2 Å². The summed E-state index contributed by atoms with van der Waals surface area (Å²) < 4.78 is 18.4. The third-order valence-corrected chi connectivity index (χ3v) is 5.14. The highest BCUT2D eigenvalue weighted by atomic mass is 19.1. The third-order valence-electron chi connectivity index (χ3n) is 5.14. The monoisotopic (exact) mass is 384 g/mol. The Morgan fingerprint density at radius 2 is 1.93 bits per heavy atom. The largest absolute Gasteiger partial charge is 0.467 e. The predicted molar refractivity (Wildman–Crippen MR) is 104 cm³/mol. The second-order valence-corrected chi connectivity index (χ2v) is 6.97. The molecule has 0 fully saturated rings. The number of benzene rings is 2. The van der Waals surface area contributed by atoms with Crippen LogP contribution in [0.1, 0.15) is 23.6 Å². The first-order valence-electron chi connectivity index (χ1n) is 9.42. The summed E-state index contributed by atoms with van der Waals surface area (Å²) in [6.07, 6.45) is 0.449. The van der Waals surface area contributed by atoms with Crippen LogP contribution in [0, 0.1) is 5.82 Å². The number of esters is 1. The van der Waals surface area contributed by atoms with Crippen molar-refractivity contribution in [1.29, 1.82) is 0 Å². The number of fused-ring (bicyclic) bond motifs is 1. The number of ether oxygens (including phenoxy) is 1. The molecular formula is C22H25FN2O3. The first-order valence-corrected chi connectivity index (χ1v) is 9.42. The van der Waals surface area contributed by atoms with Gasteiger partial charge < -0.3 is 9.64 Å². The molecule has 2 aromatic carbocycles. The predicted octanol–water partition coefficient (Wildman–Crippen LogP) is 2.77. The summed E-state index contributed by atoms with van der Waals surface area (Å²) in [5.41, 5.74) is 2.92. The number of amides is 1. The Balaban J connectivity index is 1.75. The summed E-state index contributed by atoms with van der Waals surface area (Å²) in [7, 11) is 1.34. The van der Waals surface area contributed by atoms with Crippen molar-refractivity contribution < 1.29 is 18.7 Å². The van der Waals surface area contributed by atoms with Gasteiger partial charge in [0.25, 0.3) is 0 Å². The molecule has 1 atom stereocenters. The first-order chi connectivity index (χ1) is 13.5. The van der Waals surface area contributed by atoms with Crippen molar-refractivity contribution in [2.24, 2.45) is 0 Å². The molecule has 5 nitrogen and oxygen atoms in total. The van der Waals surface area contributed by atoms with Gasteiger partial charge in [-0.15, -0.1) is 0 Å². The Labute approximate surface area is 164 Å². The number of carbonyl (C=O) groups excluding carboxylic acids is 2. The number of carbonyl (C=O) groups is 2. The quantitative estimate of drug-likeness (QED) is 0.719. The lowest BCUT2D eigenvalue weighted by atomic mass is 9.94. The van der Waals surface area contributed by atoms with E-state index in [0.29, 0.717) is 26.1 Å². The second kappa shape index (κ2) is 8.97. The van der Waals surface area contributed by atoms with Crippen LogP contribution in [-0.4, -0.2) is 47.9 Å². The van der Waals surface area contributed by atoms with Crippen LogP contribution in [-0.2, 0) is 33.8 Å². The molecule has 0 aromatic heterocycles. The van der Waals surface area contributed by atoms with Crippen LogP contribution in [0.2, 0.25) is 0 Å². The van der Waals surface area contributed by atoms with E-state index in [0.717, 1.165) is 16.7 Å². The van der Waals surface area contributed by atoms with Gasteiger partial charge in [-0.1, -0.05) is 43.3 Å². The third kappa shape index (κ3) is 4.57. The van der Waals surface area contributed by atoms with E-state index in [1.54, 1.807) is 11.0 Å². The van der Waals surface area contributed by atoms with E-state index >= 15 is 0 Å². The smallest absolute Gasteiger partial charge is 0.328 e. The van der Waals surface area contributed by atoms with Crippen molar-refractivity contribution in [1.82, 2.24) is 9.80 Å². The molecule has 0 radical (unpaired) electrons. The molecule has 3 rings (SSSR count). The van der Waals surface area contributed by atoms with Gasteiger partial charge in [0.15, 0.2) is 0 Å². The van der Waals surface area contributed by atoms with Gasteiger partial charge in [0.05, 0.1) is 13.7 Å². The van der Waals surface area contributed by atoms with E-state index in [9.17, 15) is 14.0 Å². The van der Waals surface area contributed by atoms with Crippen molar-refractivity contribution in [2.45, 2.75) is 32.5 Å². The molecule has 6 heteroatoms. The molecule has 0 saturated heterocycles. The average molecular weight is 384 g/mol. The molecule has 1 aliphatic heterocycles. The molecule has 1 amide bonds. The Kier molecular flexibility index (Phi) is 6.41. The minimum Gasteiger partial charge on any atom is -0.467 e. The fourth-order valence-electron chi connectivity index (χ4n) is 3.59.